The number of nitro groups is 1. The molecule has 0 aromatic heterocycles. The van der Waals surface area contributed by atoms with Gasteiger partial charge in [-0.25, -0.2) is 4.90 Å². The predicted molar refractivity (Wildman–Crippen MR) is 90.0 cm³/mol. The van der Waals surface area contributed by atoms with Crippen molar-refractivity contribution in [3.05, 3.63) is 46.5 Å². The molecule has 2 aromatic carbocycles. The average Bonchev–Trinajstić information content (AvgIpc) is 3.28. The molecule has 25 heavy (non-hydrogen) atoms. The molecular formula is C18H15N3O4. The Hall–Kier alpha value is -2.80. The SMILES string of the molecule is O=C1[C@@H]2C3CCC(N3)[C@@H]2C(=O)N1c1ccc([N+](=O)[O-])c2ccccc12. The molecule has 126 valence electrons. The summed E-state index contributed by atoms with van der Waals surface area (Å²) < 4.78 is 0. The molecule has 4 atom stereocenters. The zero-order valence-electron chi connectivity index (χ0n) is 13.2. The van der Waals surface area contributed by atoms with Gasteiger partial charge in [-0.1, -0.05) is 18.2 Å². The largest absolute Gasteiger partial charge is 0.310 e. The summed E-state index contributed by atoms with van der Waals surface area (Å²) in [6.45, 7) is 0. The number of hydrogen-bond donors (Lipinski definition) is 1. The summed E-state index contributed by atoms with van der Waals surface area (Å²) in [5.41, 5.74) is 0.422. The number of fused-ring (bicyclic) bond motifs is 6. The van der Waals surface area contributed by atoms with Gasteiger partial charge in [0.1, 0.15) is 0 Å². The van der Waals surface area contributed by atoms with Crippen molar-refractivity contribution in [3.8, 4) is 0 Å². The molecule has 2 bridgehead atoms. The van der Waals surface area contributed by atoms with Gasteiger partial charge < -0.3 is 5.32 Å². The number of non-ortho nitro benzene ring substituents is 1. The Morgan fingerprint density at radius 2 is 1.56 bits per heavy atom. The van der Waals surface area contributed by atoms with Crippen LogP contribution in [0.4, 0.5) is 11.4 Å². The van der Waals surface area contributed by atoms with E-state index in [1.54, 1.807) is 24.3 Å². The van der Waals surface area contributed by atoms with Crippen LogP contribution in [0, 0.1) is 22.0 Å². The van der Waals surface area contributed by atoms with Crippen LogP contribution in [0.3, 0.4) is 0 Å². The fourth-order valence-corrected chi connectivity index (χ4v) is 4.78. The average molecular weight is 337 g/mol. The second-order valence-electron chi connectivity index (χ2n) is 6.93. The Morgan fingerprint density at radius 3 is 2.16 bits per heavy atom. The number of anilines is 1. The summed E-state index contributed by atoms with van der Waals surface area (Å²) >= 11 is 0. The third kappa shape index (κ3) is 1.78. The molecule has 3 saturated heterocycles. The lowest BCUT2D eigenvalue weighted by atomic mass is 9.81. The molecule has 0 aliphatic carbocycles. The predicted octanol–water partition coefficient (Wildman–Crippen LogP) is 1.99. The molecule has 3 aliphatic heterocycles. The number of hydrogen-bond acceptors (Lipinski definition) is 5. The highest BCUT2D eigenvalue weighted by Crippen LogP contribution is 2.47. The highest BCUT2D eigenvalue weighted by molar-refractivity contribution is 6.26. The van der Waals surface area contributed by atoms with Crippen molar-refractivity contribution in [2.45, 2.75) is 24.9 Å². The molecule has 0 spiro atoms. The lowest BCUT2D eigenvalue weighted by Gasteiger charge is -2.19. The van der Waals surface area contributed by atoms with Crippen LogP contribution in [0.1, 0.15) is 12.8 Å². The van der Waals surface area contributed by atoms with Crippen molar-refractivity contribution in [1.29, 1.82) is 0 Å². The Labute approximate surface area is 142 Å². The van der Waals surface area contributed by atoms with E-state index in [1.807, 2.05) is 0 Å². The lowest BCUT2D eigenvalue weighted by molar-refractivity contribution is -0.383. The molecule has 3 heterocycles. The van der Waals surface area contributed by atoms with E-state index in [9.17, 15) is 19.7 Å². The van der Waals surface area contributed by atoms with Crippen LogP contribution in [-0.4, -0.2) is 28.8 Å². The first kappa shape index (κ1) is 14.5. The van der Waals surface area contributed by atoms with Gasteiger partial charge in [-0.15, -0.1) is 0 Å². The van der Waals surface area contributed by atoms with E-state index in [1.165, 1.54) is 17.0 Å². The van der Waals surface area contributed by atoms with Gasteiger partial charge in [-0.2, -0.15) is 0 Å². The second kappa shape index (κ2) is 4.86. The molecule has 3 fully saturated rings. The minimum absolute atomic E-state index is 0.0274. The minimum atomic E-state index is -0.446. The lowest BCUT2D eigenvalue weighted by Crippen LogP contribution is -2.38. The maximum atomic E-state index is 13.0. The van der Waals surface area contributed by atoms with E-state index in [0.717, 1.165) is 12.8 Å². The van der Waals surface area contributed by atoms with Crippen LogP contribution in [0.2, 0.25) is 0 Å². The van der Waals surface area contributed by atoms with Crippen LogP contribution in [0.25, 0.3) is 10.8 Å². The molecule has 7 nitrogen and oxygen atoms in total. The molecule has 0 saturated carbocycles. The van der Waals surface area contributed by atoms with Gasteiger partial charge in [0.25, 0.3) is 5.69 Å². The summed E-state index contributed by atoms with van der Waals surface area (Å²) in [7, 11) is 0. The third-order valence-electron chi connectivity index (χ3n) is 5.80. The monoisotopic (exact) mass is 337 g/mol. The highest BCUT2D eigenvalue weighted by Gasteiger charge is 2.61. The van der Waals surface area contributed by atoms with Gasteiger partial charge in [0.05, 0.1) is 27.8 Å². The summed E-state index contributed by atoms with van der Waals surface area (Å²) in [4.78, 5) is 38.1. The molecule has 2 unspecified atom stereocenters. The van der Waals surface area contributed by atoms with E-state index >= 15 is 0 Å². The van der Waals surface area contributed by atoms with Crippen LogP contribution in [0.15, 0.2) is 36.4 Å². The zero-order valence-corrected chi connectivity index (χ0v) is 13.2. The smallest absolute Gasteiger partial charge is 0.277 e. The van der Waals surface area contributed by atoms with Crippen molar-refractivity contribution in [2.24, 2.45) is 11.8 Å². The van der Waals surface area contributed by atoms with Crippen LogP contribution < -0.4 is 10.2 Å². The van der Waals surface area contributed by atoms with Crippen LogP contribution in [-0.2, 0) is 9.59 Å². The number of nitrogens with zero attached hydrogens (tertiary/aromatic N) is 2. The topological polar surface area (TPSA) is 92.6 Å². The maximum absolute atomic E-state index is 13.0. The maximum Gasteiger partial charge on any atom is 0.277 e. The van der Waals surface area contributed by atoms with E-state index in [2.05, 4.69) is 5.32 Å². The van der Waals surface area contributed by atoms with Gasteiger partial charge in [-0.3, -0.25) is 19.7 Å². The normalized spacial score (nSPS) is 30.3. The van der Waals surface area contributed by atoms with E-state index in [4.69, 9.17) is 0 Å². The first-order valence-electron chi connectivity index (χ1n) is 8.38. The fraction of sp³-hybridized carbons (Fsp3) is 0.333. The molecule has 2 aromatic rings. The molecule has 1 N–H and O–H groups in total. The van der Waals surface area contributed by atoms with Crippen molar-refractivity contribution in [2.75, 3.05) is 4.90 Å². The summed E-state index contributed by atoms with van der Waals surface area (Å²) in [6, 6.07) is 9.87. The summed E-state index contributed by atoms with van der Waals surface area (Å²) in [5, 5.41) is 15.6. The highest BCUT2D eigenvalue weighted by atomic mass is 16.6. The Bertz CT molecular complexity index is 928. The summed E-state index contributed by atoms with van der Waals surface area (Å²) in [5.74, 6) is -0.983. The second-order valence-corrected chi connectivity index (χ2v) is 6.93. The van der Waals surface area contributed by atoms with Crippen molar-refractivity contribution in [1.82, 2.24) is 5.32 Å². The van der Waals surface area contributed by atoms with Gasteiger partial charge in [0.2, 0.25) is 11.8 Å². The van der Waals surface area contributed by atoms with Crippen molar-refractivity contribution >= 4 is 34.0 Å². The molecule has 5 rings (SSSR count). The fourth-order valence-electron chi connectivity index (χ4n) is 4.78. The van der Waals surface area contributed by atoms with Gasteiger partial charge in [-0.05, 0) is 25.0 Å². The standard InChI is InChI=1S/C18H15N3O4/c22-17-15-11-5-6-12(19-11)16(15)18(23)20(17)13-7-8-14(21(24)25)10-4-2-1-3-9(10)13/h1-4,7-8,11-12,15-16,19H,5-6H2/t11?,12?,15-,16+. The first-order valence-corrected chi connectivity index (χ1v) is 8.38. The Balaban J connectivity index is 1.67. The zero-order chi connectivity index (χ0) is 17.3. The molecule has 2 amide bonds. The van der Waals surface area contributed by atoms with Gasteiger partial charge in [0.15, 0.2) is 0 Å². The van der Waals surface area contributed by atoms with Crippen molar-refractivity contribution < 1.29 is 14.5 Å². The third-order valence-corrected chi connectivity index (χ3v) is 5.80. The first-order chi connectivity index (χ1) is 12.1. The number of amides is 2. The van der Waals surface area contributed by atoms with Crippen LogP contribution in [0.5, 0.6) is 0 Å². The van der Waals surface area contributed by atoms with Gasteiger partial charge >= 0.3 is 0 Å². The minimum Gasteiger partial charge on any atom is -0.310 e. The van der Waals surface area contributed by atoms with E-state index in [-0.39, 0.29) is 41.4 Å². The number of rotatable bonds is 2. The number of benzene rings is 2. The van der Waals surface area contributed by atoms with Gasteiger partial charge in [0, 0.05) is 23.5 Å². The number of carbonyl (C=O) groups excluding carboxylic acids is 2. The van der Waals surface area contributed by atoms with Crippen molar-refractivity contribution in [3.63, 3.8) is 0 Å². The van der Waals surface area contributed by atoms with E-state index < -0.39 is 4.92 Å². The molecule has 7 heteroatoms. The number of nitrogens with one attached hydrogen (secondary N) is 1. The Morgan fingerprint density at radius 1 is 0.960 bits per heavy atom. The summed E-state index contributed by atoms with van der Waals surface area (Å²) in [6.07, 6.45) is 1.83. The molecule has 0 radical (unpaired) electrons. The van der Waals surface area contributed by atoms with E-state index in [0.29, 0.717) is 16.5 Å². The number of nitro benzene ring substituents is 1. The molecular weight excluding hydrogens is 322 g/mol. The van der Waals surface area contributed by atoms with Crippen LogP contribution >= 0.6 is 0 Å². The molecule has 3 aliphatic rings. The number of carbonyl (C=O) groups is 2. The number of imide groups is 1. The Kier molecular flexibility index (Phi) is 2.82. The quantitative estimate of drug-likeness (QED) is 0.514.